The molecule has 0 spiro atoms. The number of carbonyl (C=O) groups excluding carboxylic acids is 1. The third-order valence-corrected chi connectivity index (χ3v) is 6.15. The Bertz CT molecular complexity index is 577. The van der Waals surface area contributed by atoms with Crippen LogP contribution in [0.3, 0.4) is 0 Å². The lowest BCUT2D eigenvalue weighted by atomic mass is 10.1. The third-order valence-electron chi connectivity index (χ3n) is 3.73. The zero-order valence-corrected chi connectivity index (χ0v) is 14.9. The Morgan fingerprint density at radius 3 is 2.90 bits per heavy atom. The molecule has 1 aliphatic heterocycles. The Morgan fingerprint density at radius 1 is 1.48 bits per heavy atom. The molecule has 2 heterocycles. The minimum absolute atomic E-state index is 0.160. The Morgan fingerprint density at radius 2 is 2.19 bits per heavy atom. The van der Waals surface area contributed by atoms with Crippen LogP contribution in [0.4, 0.5) is 10.5 Å². The summed E-state index contributed by atoms with van der Waals surface area (Å²) in [7, 11) is -0.901. The first-order valence-electron chi connectivity index (χ1n) is 6.86. The number of nitrogens with one attached hydrogen (secondary N) is 1. The standard InChI is InChI=1S/C14H20BrN3O2S/c1-10-12(8-11(15)9-16-10)17-13(19)18-5-4-14(2,3)21(20)7-6-18/h8-9H,4-7H2,1-3H3,(H,17,19). The van der Waals surface area contributed by atoms with Crippen LogP contribution in [0.15, 0.2) is 16.7 Å². The summed E-state index contributed by atoms with van der Waals surface area (Å²) in [6.45, 7) is 6.97. The number of hydrogen-bond acceptors (Lipinski definition) is 3. The van der Waals surface area contributed by atoms with Gasteiger partial charge in [-0.1, -0.05) is 0 Å². The average Bonchev–Trinajstić information content (AvgIpc) is 2.54. The first-order valence-corrected chi connectivity index (χ1v) is 8.97. The monoisotopic (exact) mass is 373 g/mol. The number of aryl methyl sites for hydroxylation is 1. The molecule has 116 valence electrons. The highest BCUT2D eigenvalue weighted by Gasteiger charge is 2.31. The van der Waals surface area contributed by atoms with E-state index in [1.54, 1.807) is 11.1 Å². The first-order chi connectivity index (χ1) is 9.79. The predicted molar refractivity (Wildman–Crippen MR) is 89.0 cm³/mol. The summed E-state index contributed by atoms with van der Waals surface area (Å²) in [4.78, 5) is 18.3. The van der Waals surface area contributed by atoms with E-state index in [4.69, 9.17) is 0 Å². The summed E-state index contributed by atoms with van der Waals surface area (Å²) in [5, 5.41) is 2.89. The lowest BCUT2D eigenvalue weighted by Crippen LogP contribution is -2.37. The molecule has 1 unspecified atom stereocenters. The molecule has 7 heteroatoms. The van der Waals surface area contributed by atoms with Crippen LogP contribution in [0.5, 0.6) is 0 Å². The number of aromatic nitrogens is 1. The summed E-state index contributed by atoms with van der Waals surface area (Å²) in [5.74, 6) is 0.524. The van der Waals surface area contributed by atoms with Gasteiger partial charge < -0.3 is 10.2 Å². The molecule has 0 aromatic carbocycles. The number of rotatable bonds is 1. The second kappa shape index (κ2) is 6.44. The van der Waals surface area contributed by atoms with E-state index in [1.807, 2.05) is 26.8 Å². The molecule has 1 aromatic heterocycles. The van der Waals surface area contributed by atoms with Gasteiger partial charge in [-0.25, -0.2) is 4.79 Å². The summed E-state index contributed by atoms with van der Waals surface area (Å²) in [5.41, 5.74) is 1.46. The highest BCUT2D eigenvalue weighted by Crippen LogP contribution is 2.23. The molecule has 1 atom stereocenters. The van der Waals surface area contributed by atoms with E-state index in [0.29, 0.717) is 24.5 Å². The molecule has 1 fully saturated rings. The van der Waals surface area contributed by atoms with Crippen LogP contribution in [-0.2, 0) is 10.8 Å². The van der Waals surface area contributed by atoms with Crippen molar-refractivity contribution < 1.29 is 9.00 Å². The van der Waals surface area contributed by atoms with Crippen molar-refractivity contribution in [3.63, 3.8) is 0 Å². The molecular weight excluding hydrogens is 354 g/mol. The fourth-order valence-corrected chi connectivity index (χ4v) is 3.72. The molecule has 1 aromatic rings. The number of hydrogen-bond donors (Lipinski definition) is 1. The van der Waals surface area contributed by atoms with Gasteiger partial charge in [0.2, 0.25) is 0 Å². The van der Waals surface area contributed by atoms with Gasteiger partial charge in [0.05, 0.1) is 11.4 Å². The molecular formula is C14H20BrN3O2S. The van der Waals surface area contributed by atoms with Gasteiger partial charge in [0.1, 0.15) is 0 Å². The van der Waals surface area contributed by atoms with Crippen LogP contribution in [0, 0.1) is 6.92 Å². The highest BCUT2D eigenvalue weighted by molar-refractivity contribution is 9.10. The summed E-state index contributed by atoms with van der Waals surface area (Å²) < 4.78 is 12.7. The van der Waals surface area contributed by atoms with Crippen LogP contribution < -0.4 is 5.32 Å². The topological polar surface area (TPSA) is 62.3 Å². The highest BCUT2D eigenvalue weighted by atomic mass is 79.9. The molecule has 1 N–H and O–H groups in total. The van der Waals surface area contributed by atoms with E-state index in [-0.39, 0.29) is 10.8 Å². The van der Waals surface area contributed by atoms with Crippen molar-refractivity contribution >= 4 is 38.4 Å². The molecule has 21 heavy (non-hydrogen) atoms. The molecule has 0 saturated carbocycles. The quantitative estimate of drug-likeness (QED) is 0.822. The van der Waals surface area contributed by atoms with Crippen molar-refractivity contribution in [2.75, 3.05) is 24.2 Å². The lowest BCUT2D eigenvalue weighted by molar-refractivity contribution is 0.214. The van der Waals surface area contributed by atoms with Gasteiger partial charge in [-0.05, 0) is 49.2 Å². The maximum absolute atomic E-state index is 12.4. The Balaban J connectivity index is 2.07. The molecule has 0 bridgehead atoms. The van der Waals surface area contributed by atoms with Crippen LogP contribution in [0.1, 0.15) is 26.0 Å². The molecule has 1 aliphatic rings. The SMILES string of the molecule is Cc1ncc(Br)cc1NC(=O)N1CCS(=O)C(C)(C)CC1. The van der Waals surface area contributed by atoms with Crippen molar-refractivity contribution in [2.45, 2.75) is 31.9 Å². The van der Waals surface area contributed by atoms with Gasteiger partial charge in [0.25, 0.3) is 0 Å². The van der Waals surface area contributed by atoms with Crippen LogP contribution in [-0.4, -0.2) is 43.7 Å². The molecule has 0 radical (unpaired) electrons. The number of pyridine rings is 1. The van der Waals surface area contributed by atoms with Crippen molar-refractivity contribution in [3.8, 4) is 0 Å². The number of amides is 2. The fourth-order valence-electron chi connectivity index (χ4n) is 2.13. The Hall–Kier alpha value is -0.950. The van der Waals surface area contributed by atoms with Crippen molar-refractivity contribution in [1.82, 2.24) is 9.88 Å². The predicted octanol–water partition coefficient (Wildman–Crippen LogP) is 2.92. The molecule has 2 amide bonds. The molecule has 2 rings (SSSR count). The smallest absolute Gasteiger partial charge is 0.321 e. The van der Waals surface area contributed by atoms with Crippen LogP contribution in [0.2, 0.25) is 0 Å². The van der Waals surface area contributed by atoms with E-state index in [9.17, 15) is 9.00 Å². The summed E-state index contributed by atoms with van der Waals surface area (Å²) in [6, 6.07) is 1.67. The van der Waals surface area contributed by atoms with Crippen LogP contribution in [0.25, 0.3) is 0 Å². The molecule has 0 aliphatic carbocycles. The minimum Gasteiger partial charge on any atom is -0.324 e. The second-order valence-electron chi connectivity index (χ2n) is 5.76. The largest absolute Gasteiger partial charge is 0.324 e. The van der Waals surface area contributed by atoms with Gasteiger partial charge in [-0.15, -0.1) is 0 Å². The summed E-state index contributed by atoms with van der Waals surface area (Å²) in [6.07, 6.45) is 2.44. The van der Waals surface area contributed by atoms with Crippen LogP contribution >= 0.6 is 15.9 Å². The van der Waals surface area contributed by atoms with Crippen molar-refractivity contribution in [3.05, 3.63) is 22.4 Å². The number of urea groups is 1. The van der Waals surface area contributed by atoms with E-state index in [0.717, 1.165) is 16.6 Å². The maximum Gasteiger partial charge on any atom is 0.321 e. The maximum atomic E-state index is 12.4. The normalized spacial score (nSPS) is 21.7. The van der Waals surface area contributed by atoms with Gasteiger partial charge in [-0.2, -0.15) is 0 Å². The van der Waals surface area contributed by atoms with Crippen molar-refractivity contribution in [1.29, 1.82) is 0 Å². The average molecular weight is 374 g/mol. The second-order valence-corrected chi connectivity index (χ2v) is 8.88. The van der Waals surface area contributed by atoms with Crippen molar-refractivity contribution in [2.24, 2.45) is 0 Å². The fraction of sp³-hybridized carbons (Fsp3) is 0.571. The van der Waals surface area contributed by atoms with E-state index >= 15 is 0 Å². The Labute approximate surface area is 136 Å². The number of anilines is 1. The van der Waals surface area contributed by atoms with Gasteiger partial charge in [0.15, 0.2) is 0 Å². The zero-order chi connectivity index (χ0) is 15.6. The molecule has 1 saturated heterocycles. The lowest BCUT2D eigenvalue weighted by Gasteiger charge is -2.23. The van der Waals surface area contributed by atoms with E-state index in [2.05, 4.69) is 26.2 Å². The number of carbonyl (C=O) groups is 1. The summed E-state index contributed by atoms with van der Waals surface area (Å²) >= 11 is 3.35. The van der Waals surface area contributed by atoms with Gasteiger partial charge in [0, 0.05) is 45.1 Å². The Kier molecular flexibility index (Phi) is 5.03. The van der Waals surface area contributed by atoms with E-state index in [1.165, 1.54) is 0 Å². The number of nitrogens with zero attached hydrogens (tertiary/aromatic N) is 2. The first kappa shape index (κ1) is 16.4. The third kappa shape index (κ3) is 4.03. The van der Waals surface area contributed by atoms with Gasteiger partial charge >= 0.3 is 6.03 Å². The molecule has 5 nitrogen and oxygen atoms in total. The van der Waals surface area contributed by atoms with Gasteiger partial charge in [-0.3, -0.25) is 9.19 Å². The van der Waals surface area contributed by atoms with E-state index < -0.39 is 10.8 Å². The number of halogens is 1. The zero-order valence-electron chi connectivity index (χ0n) is 12.5. The minimum atomic E-state index is -0.901.